The molecule has 5 nitrogen and oxygen atoms in total. The average Bonchev–Trinajstić information content (AvgIpc) is 3.28. The van der Waals surface area contributed by atoms with Crippen molar-refractivity contribution in [3.8, 4) is 0 Å². The van der Waals surface area contributed by atoms with Crippen LogP contribution in [0.15, 0.2) is 0 Å². The Hall–Kier alpha value is -1.10. The molecule has 0 aromatic carbocycles. The first kappa shape index (κ1) is 12.0. The molecule has 3 aliphatic rings. The summed E-state index contributed by atoms with van der Waals surface area (Å²) in [5.74, 6) is 0.148. The van der Waals surface area contributed by atoms with Gasteiger partial charge in [-0.05, 0) is 38.5 Å². The van der Waals surface area contributed by atoms with E-state index in [9.17, 15) is 9.59 Å². The number of amides is 2. The van der Waals surface area contributed by atoms with Gasteiger partial charge < -0.3 is 16.0 Å². The highest BCUT2D eigenvalue weighted by molar-refractivity contribution is 5.92. The summed E-state index contributed by atoms with van der Waals surface area (Å²) in [5, 5.41) is 3.01. The van der Waals surface area contributed by atoms with E-state index in [0.717, 1.165) is 38.5 Å². The maximum atomic E-state index is 12.4. The molecule has 18 heavy (non-hydrogen) atoms. The number of nitrogens with two attached hydrogens (primary N) is 1. The largest absolute Gasteiger partial charge is 0.352 e. The number of hydrogen-bond acceptors (Lipinski definition) is 3. The molecule has 100 valence electrons. The Morgan fingerprint density at radius 1 is 1.28 bits per heavy atom. The third-order valence-electron chi connectivity index (χ3n) is 4.44. The summed E-state index contributed by atoms with van der Waals surface area (Å²) in [4.78, 5) is 26.3. The number of carbonyl (C=O) groups is 2. The van der Waals surface area contributed by atoms with E-state index in [-0.39, 0.29) is 23.3 Å². The Bertz CT molecular complexity index is 374. The normalized spacial score (nSPS) is 29.2. The molecular formula is C13H21N3O2. The lowest BCUT2D eigenvalue weighted by Crippen LogP contribution is -2.50. The first-order valence-electron chi connectivity index (χ1n) is 6.98. The van der Waals surface area contributed by atoms with E-state index in [1.165, 1.54) is 0 Å². The number of hydrogen-bond donors (Lipinski definition) is 2. The minimum atomic E-state index is -0.331. The fraction of sp³-hybridized carbons (Fsp3) is 0.846. The van der Waals surface area contributed by atoms with Gasteiger partial charge in [0.15, 0.2) is 0 Å². The van der Waals surface area contributed by atoms with Crippen LogP contribution < -0.4 is 11.1 Å². The van der Waals surface area contributed by atoms with Gasteiger partial charge in [-0.2, -0.15) is 0 Å². The molecule has 3 rings (SSSR count). The lowest BCUT2D eigenvalue weighted by Gasteiger charge is -2.27. The second kappa shape index (κ2) is 4.23. The minimum absolute atomic E-state index is 0.0381. The van der Waals surface area contributed by atoms with E-state index in [1.807, 2.05) is 0 Å². The van der Waals surface area contributed by atoms with Gasteiger partial charge in [-0.25, -0.2) is 0 Å². The number of nitrogens with zero attached hydrogens (tertiary/aromatic N) is 1. The molecule has 0 aromatic rings. The molecule has 1 saturated heterocycles. The Balaban J connectivity index is 1.66. The molecule has 5 heteroatoms. The van der Waals surface area contributed by atoms with Crippen molar-refractivity contribution in [1.29, 1.82) is 0 Å². The van der Waals surface area contributed by atoms with Crippen molar-refractivity contribution in [3.63, 3.8) is 0 Å². The highest BCUT2D eigenvalue weighted by Crippen LogP contribution is 2.47. The van der Waals surface area contributed by atoms with Gasteiger partial charge >= 0.3 is 0 Å². The van der Waals surface area contributed by atoms with E-state index in [1.54, 1.807) is 4.90 Å². The van der Waals surface area contributed by atoms with E-state index >= 15 is 0 Å². The van der Waals surface area contributed by atoms with Crippen LogP contribution in [0, 0.1) is 5.41 Å². The van der Waals surface area contributed by atoms with Gasteiger partial charge in [0, 0.05) is 19.1 Å². The standard InChI is InChI=1S/C13H21N3O2/c14-8-13(5-6-13)12(18)16-7-1-2-10(16)11(17)15-9-3-4-9/h9-10H,1-8,14H2,(H,15,17). The molecule has 0 radical (unpaired) electrons. The molecule has 2 saturated carbocycles. The highest BCUT2D eigenvalue weighted by Gasteiger charge is 2.53. The van der Waals surface area contributed by atoms with Gasteiger partial charge in [0.25, 0.3) is 0 Å². The smallest absolute Gasteiger partial charge is 0.243 e. The van der Waals surface area contributed by atoms with Crippen LogP contribution in [0.2, 0.25) is 0 Å². The van der Waals surface area contributed by atoms with Crippen molar-refractivity contribution in [2.24, 2.45) is 11.1 Å². The van der Waals surface area contributed by atoms with Crippen molar-refractivity contribution < 1.29 is 9.59 Å². The van der Waals surface area contributed by atoms with Crippen LogP contribution in [0.5, 0.6) is 0 Å². The quantitative estimate of drug-likeness (QED) is 0.738. The predicted molar refractivity (Wildman–Crippen MR) is 66.6 cm³/mol. The summed E-state index contributed by atoms with van der Waals surface area (Å²) >= 11 is 0. The fourth-order valence-corrected chi connectivity index (χ4v) is 2.77. The van der Waals surface area contributed by atoms with Crippen LogP contribution in [-0.2, 0) is 9.59 Å². The molecule has 2 amide bonds. The van der Waals surface area contributed by atoms with Gasteiger partial charge in [-0.1, -0.05) is 0 Å². The molecule has 0 bridgehead atoms. The highest BCUT2D eigenvalue weighted by atomic mass is 16.2. The number of carbonyl (C=O) groups excluding carboxylic acids is 2. The predicted octanol–water partition coefficient (Wildman–Crippen LogP) is -0.00510. The Morgan fingerprint density at radius 3 is 2.56 bits per heavy atom. The van der Waals surface area contributed by atoms with Crippen LogP contribution in [0.1, 0.15) is 38.5 Å². The lowest BCUT2D eigenvalue weighted by atomic mass is 10.0. The van der Waals surface area contributed by atoms with Gasteiger partial charge in [0.2, 0.25) is 11.8 Å². The summed E-state index contributed by atoms with van der Waals surface area (Å²) < 4.78 is 0. The van der Waals surface area contributed by atoms with Crippen LogP contribution >= 0.6 is 0 Å². The van der Waals surface area contributed by atoms with Crippen LogP contribution in [0.4, 0.5) is 0 Å². The molecule has 1 aliphatic heterocycles. The number of nitrogens with one attached hydrogen (secondary N) is 1. The van der Waals surface area contributed by atoms with Crippen LogP contribution in [-0.4, -0.2) is 41.9 Å². The van der Waals surface area contributed by atoms with Gasteiger partial charge in [-0.3, -0.25) is 9.59 Å². The maximum Gasteiger partial charge on any atom is 0.243 e. The molecule has 0 spiro atoms. The molecule has 0 aromatic heterocycles. The molecule has 1 heterocycles. The minimum Gasteiger partial charge on any atom is -0.352 e. The second-order valence-corrected chi connectivity index (χ2v) is 5.92. The van der Waals surface area contributed by atoms with Gasteiger partial charge in [-0.15, -0.1) is 0 Å². The fourth-order valence-electron chi connectivity index (χ4n) is 2.77. The average molecular weight is 251 g/mol. The first-order valence-corrected chi connectivity index (χ1v) is 6.98. The monoisotopic (exact) mass is 251 g/mol. The molecule has 3 N–H and O–H groups in total. The molecule has 2 aliphatic carbocycles. The zero-order chi connectivity index (χ0) is 12.8. The summed E-state index contributed by atoms with van der Waals surface area (Å²) in [6.07, 6.45) is 5.66. The summed E-state index contributed by atoms with van der Waals surface area (Å²) in [6, 6.07) is 0.113. The molecule has 1 atom stereocenters. The van der Waals surface area contributed by atoms with Crippen molar-refractivity contribution in [3.05, 3.63) is 0 Å². The summed E-state index contributed by atoms with van der Waals surface area (Å²) in [5.41, 5.74) is 5.37. The van der Waals surface area contributed by atoms with Crippen molar-refractivity contribution in [2.45, 2.75) is 50.6 Å². The first-order chi connectivity index (χ1) is 8.66. The maximum absolute atomic E-state index is 12.4. The van der Waals surface area contributed by atoms with E-state index in [4.69, 9.17) is 5.73 Å². The van der Waals surface area contributed by atoms with Crippen molar-refractivity contribution in [2.75, 3.05) is 13.1 Å². The van der Waals surface area contributed by atoms with Crippen molar-refractivity contribution in [1.82, 2.24) is 10.2 Å². The zero-order valence-electron chi connectivity index (χ0n) is 10.7. The Morgan fingerprint density at radius 2 is 2.00 bits per heavy atom. The van der Waals surface area contributed by atoms with E-state index in [0.29, 0.717) is 19.1 Å². The van der Waals surface area contributed by atoms with Crippen LogP contribution in [0.3, 0.4) is 0 Å². The summed E-state index contributed by atoms with van der Waals surface area (Å²) in [7, 11) is 0. The third-order valence-corrected chi connectivity index (χ3v) is 4.44. The second-order valence-electron chi connectivity index (χ2n) is 5.92. The van der Waals surface area contributed by atoms with Crippen molar-refractivity contribution >= 4 is 11.8 Å². The zero-order valence-corrected chi connectivity index (χ0v) is 10.7. The Labute approximate surface area is 107 Å². The third kappa shape index (κ3) is 2.00. The van der Waals surface area contributed by atoms with E-state index in [2.05, 4.69) is 5.32 Å². The van der Waals surface area contributed by atoms with Gasteiger partial charge in [0.1, 0.15) is 6.04 Å². The summed E-state index contributed by atoms with van der Waals surface area (Å²) in [6.45, 7) is 1.13. The van der Waals surface area contributed by atoms with Crippen LogP contribution in [0.25, 0.3) is 0 Å². The van der Waals surface area contributed by atoms with Gasteiger partial charge in [0.05, 0.1) is 5.41 Å². The lowest BCUT2D eigenvalue weighted by molar-refractivity contribution is -0.142. The molecular weight excluding hydrogens is 230 g/mol. The molecule has 1 unspecified atom stereocenters. The number of rotatable bonds is 4. The number of likely N-dealkylation sites (tertiary alicyclic amines) is 1. The molecule has 3 fully saturated rings. The SMILES string of the molecule is NCC1(C(=O)N2CCCC2C(=O)NC2CC2)CC1. The Kier molecular flexibility index (Phi) is 2.81. The van der Waals surface area contributed by atoms with E-state index < -0.39 is 0 Å². The topological polar surface area (TPSA) is 75.4 Å².